The van der Waals surface area contributed by atoms with E-state index >= 15 is 0 Å². The van der Waals surface area contributed by atoms with Crippen LogP contribution in [-0.2, 0) is 10.3 Å². The fraction of sp³-hybridized carbons (Fsp3) is 0.364. The molecule has 1 fully saturated rings. The topological polar surface area (TPSA) is 29.4 Å². The van der Waals surface area contributed by atoms with Crippen molar-refractivity contribution in [3.8, 4) is 0 Å². The van der Waals surface area contributed by atoms with Gasteiger partial charge in [0.05, 0.1) is 5.54 Å². The molecular weight excluding hydrogens is 242 g/mol. The summed E-state index contributed by atoms with van der Waals surface area (Å²) in [5, 5.41) is 0. The second kappa shape index (κ2) is 3.34. The maximum Gasteiger partial charge on any atom is 0.235 e. The SMILES string of the molecule is Cc1ccc(Br)c(C2(N=C=O)CC2)c1. The first-order chi connectivity index (χ1) is 6.68. The van der Waals surface area contributed by atoms with Crippen molar-refractivity contribution in [2.45, 2.75) is 25.3 Å². The summed E-state index contributed by atoms with van der Waals surface area (Å²) in [6, 6.07) is 6.12. The number of hydrogen-bond donors (Lipinski definition) is 0. The Morgan fingerprint density at radius 3 is 2.79 bits per heavy atom. The Morgan fingerprint density at radius 2 is 2.21 bits per heavy atom. The summed E-state index contributed by atoms with van der Waals surface area (Å²) < 4.78 is 1.03. The van der Waals surface area contributed by atoms with Crippen LogP contribution >= 0.6 is 15.9 Å². The number of rotatable bonds is 2. The third-order valence-electron chi connectivity index (χ3n) is 2.61. The van der Waals surface area contributed by atoms with Gasteiger partial charge < -0.3 is 0 Å². The number of isocyanates is 1. The van der Waals surface area contributed by atoms with Crippen molar-refractivity contribution in [2.75, 3.05) is 0 Å². The molecule has 1 aliphatic rings. The molecule has 1 aliphatic carbocycles. The molecule has 2 nitrogen and oxygen atoms in total. The van der Waals surface area contributed by atoms with Gasteiger partial charge in [-0.25, -0.2) is 4.79 Å². The lowest BCUT2D eigenvalue weighted by Gasteiger charge is -2.11. The van der Waals surface area contributed by atoms with Crippen LogP contribution in [0.5, 0.6) is 0 Å². The van der Waals surface area contributed by atoms with Gasteiger partial charge in [-0.15, -0.1) is 0 Å². The van der Waals surface area contributed by atoms with Crippen molar-refractivity contribution >= 4 is 22.0 Å². The van der Waals surface area contributed by atoms with Crippen molar-refractivity contribution in [1.82, 2.24) is 0 Å². The molecular formula is C11H10BrNO. The van der Waals surface area contributed by atoms with Crippen LogP contribution in [0.1, 0.15) is 24.0 Å². The van der Waals surface area contributed by atoms with Gasteiger partial charge in [0, 0.05) is 4.47 Å². The summed E-state index contributed by atoms with van der Waals surface area (Å²) in [5.41, 5.74) is 2.03. The highest BCUT2D eigenvalue weighted by Crippen LogP contribution is 2.51. The fourth-order valence-corrected chi connectivity index (χ4v) is 2.26. The van der Waals surface area contributed by atoms with Crippen LogP contribution in [0.2, 0.25) is 0 Å². The normalized spacial score (nSPS) is 17.3. The van der Waals surface area contributed by atoms with Gasteiger partial charge in [0.2, 0.25) is 6.08 Å². The first-order valence-corrected chi connectivity index (χ1v) is 5.33. The van der Waals surface area contributed by atoms with Gasteiger partial charge >= 0.3 is 0 Å². The summed E-state index contributed by atoms with van der Waals surface area (Å²) in [6.07, 6.45) is 3.57. The lowest BCUT2D eigenvalue weighted by Crippen LogP contribution is -2.03. The highest BCUT2D eigenvalue weighted by molar-refractivity contribution is 9.10. The Morgan fingerprint density at radius 1 is 1.50 bits per heavy atom. The van der Waals surface area contributed by atoms with Crippen LogP contribution in [-0.4, -0.2) is 6.08 Å². The highest BCUT2D eigenvalue weighted by atomic mass is 79.9. The van der Waals surface area contributed by atoms with Gasteiger partial charge in [-0.3, -0.25) is 0 Å². The number of halogens is 1. The minimum atomic E-state index is -0.271. The molecule has 0 saturated heterocycles. The van der Waals surface area contributed by atoms with Crippen molar-refractivity contribution in [1.29, 1.82) is 0 Å². The molecule has 1 aromatic carbocycles. The first kappa shape index (κ1) is 9.63. The molecule has 0 bridgehead atoms. The Balaban J connectivity index is 2.50. The minimum absolute atomic E-state index is 0.271. The smallest absolute Gasteiger partial charge is 0.211 e. The minimum Gasteiger partial charge on any atom is -0.211 e. The molecule has 72 valence electrons. The average molecular weight is 252 g/mol. The Kier molecular flexibility index (Phi) is 2.30. The summed E-state index contributed by atoms with van der Waals surface area (Å²) in [7, 11) is 0. The van der Waals surface area contributed by atoms with Crippen molar-refractivity contribution in [3.63, 3.8) is 0 Å². The number of carbonyl (C=O) groups excluding carboxylic acids is 1. The molecule has 1 aromatic rings. The molecule has 1 saturated carbocycles. The molecule has 0 atom stereocenters. The number of hydrogen-bond acceptors (Lipinski definition) is 2. The molecule has 0 N–H and O–H groups in total. The van der Waals surface area contributed by atoms with Gasteiger partial charge in [-0.1, -0.05) is 33.6 Å². The van der Waals surface area contributed by atoms with Crippen molar-refractivity contribution < 1.29 is 4.79 Å². The number of nitrogens with zero attached hydrogens (tertiary/aromatic N) is 1. The van der Waals surface area contributed by atoms with Crippen LogP contribution < -0.4 is 0 Å². The first-order valence-electron chi connectivity index (χ1n) is 4.54. The van der Waals surface area contributed by atoms with Crippen LogP contribution in [0.15, 0.2) is 27.7 Å². The third kappa shape index (κ3) is 1.54. The average Bonchev–Trinajstić information content (AvgIpc) is 2.91. The zero-order chi connectivity index (χ0) is 10.2. The van der Waals surface area contributed by atoms with Gasteiger partial charge in [-0.2, -0.15) is 4.99 Å². The molecule has 0 radical (unpaired) electrons. The summed E-state index contributed by atoms with van der Waals surface area (Å²) in [5.74, 6) is 0. The second-order valence-corrected chi connectivity index (χ2v) is 4.57. The number of aliphatic imine (C=N–C) groups is 1. The van der Waals surface area contributed by atoms with E-state index in [2.05, 4.69) is 27.0 Å². The van der Waals surface area contributed by atoms with E-state index in [1.807, 2.05) is 19.1 Å². The van der Waals surface area contributed by atoms with E-state index in [0.717, 1.165) is 22.9 Å². The van der Waals surface area contributed by atoms with Gasteiger partial charge in [0.15, 0.2) is 0 Å². The number of aryl methyl sites for hydroxylation is 1. The summed E-state index contributed by atoms with van der Waals surface area (Å²) in [6.45, 7) is 2.04. The quantitative estimate of drug-likeness (QED) is 0.587. The summed E-state index contributed by atoms with van der Waals surface area (Å²) in [4.78, 5) is 14.2. The van der Waals surface area contributed by atoms with E-state index in [1.54, 1.807) is 6.08 Å². The maximum atomic E-state index is 10.3. The van der Waals surface area contributed by atoms with Crippen LogP contribution in [0.3, 0.4) is 0 Å². The number of benzene rings is 1. The predicted molar refractivity (Wildman–Crippen MR) is 57.9 cm³/mol. The molecule has 0 amide bonds. The lowest BCUT2D eigenvalue weighted by atomic mass is 10.0. The third-order valence-corrected chi connectivity index (χ3v) is 3.30. The zero-order valence-corrected chi connectivity index (χ0v) is 9.47. The molecule has 0 aliphatic heterocycles. The largest absolute Gasteiger partial charge is 0.235 e. The van der Waals surface area contributed by atoms with Gasteiger partial charge in [-0.05, 0) is 31.4 Å². The van der Waals surface area contributed by atoms with Gasteiger partial charge in [0.1, 0.15) is 0 Å². The van der Waals surface area contributed by atoms with Crippen molar-refractivity contribution in [2.24, 2.45) is 4.99 Å². The molecule has 14 heavy (non-hydrogen) atoms. The Bertz CT molecular complexity index is 417. The van der Waals surface area contributed by atoms with E-state index in [0.29, 0.717) is 0 Å². The van der Waals surface area contributed by atoms with Crippen LogP contribution in [0, 0.1) is 6.92 Å². The standard InChI is InChI=1S/C11H10BrNO/c1-8-2-3-10(12)9(6-8)11(4-5-11)13-7-14/h2-3,6H,4-5H2,1H3. The van der Waals surface area contributed by atoms with E-state index < -0.39 is 0 Å². The maximum absolute atomic E-state index is 10.3. The van der Waals surface area contributed by atoms with Crippen molar-refractivity contribution in [3.05, 3.63) is 33.8 Å². The fourth-order valence-electron chi connectivity index (χ4n) is 1.64. The monoisotopic (exact) mass is 251 g/mol. The van der Waals surface area contributed by atoms with E-state index in [1.165, 1.54) is 5.56 Å². The zero-order valence-electron chi connectivity index (χ0n) is 7.88. The summed E-state index contributed by atoms with van der Waals surface area (Å²) >= 11 is 3.49. The lowest BCUT2D eigenvalue weighted by molar-refractivity contribution is 0.556. The Hall–Kier alpha value is -0.920. The van der Waals surface area contributed by atoms with E-state index in [-0.39, 0.29) is 5.54 Å². The Labute approximate surface area is 91.2 Å². The van der Waals surface area contributed by atoms with Crippen LogP contribution in [0.4, 0.5) is 0 Å². The molecule has 2 rings (SSSR count). The van der Waals surface area contributed by atoms with Crippen LogP contribution in [0.25, 0.3) is 0 Å². The molecule has 0 heterocycles. The molecule has 0 unspecified atom stereocenters. The molecule has 0 spiro atoms. The second-order valence-electron chi connectivity index (χ2n) is 3.72. The van der Waals surface area contributed by atoms with E-state index in [9.17, 15) is 4.79 Å². The molecule has 0 aromatic heterocycles. The van der Waals surface area contributed by atoms with E-state index in [4.69, 9.17) is 0 Å². The van der Waals surface area contributed by atoms with Gasteiger partial charge in [0.25, 0.3) is 0 Å². The molecule has 3 heteroatoms. The highest BCUT2D eigenvalue weighted by Gasteiger charge is 2.46. The predicted octanol–water partition coefficient (Wildman–Crippen LogP) is 3.08.